The number of fused-ring (bicyclic) bond motifs is 1. The van der Waals surface area contributed by atoms with Crippen molar-refractivity contribution in [2.24, 2.45) is 5.41 Å². The number of hydroxylamine groups is 1. The van der Waals surface area contributed by atoms with Crippen LogP contribution in [0.1, 0.15) is 39.9 Å². The number of hydrogen-bond donors (Lipinski definition) is 2. The Morgan fingerprint density at radius 2 is 1.96 bits per heavy atom. The van der Waals surface area contributed by atoms with Crippen LogP contribution in [0, 0.1) is 5.41 Å². The average Bonchev–Trinajstić information content (AvgIpc) is 2.99. The Labute approximate surface area is 173 Å². The van der Waals surface area contributed by atoms with Crippen molar-refractivity contribution in [2.45, 2.75) is 32.2 Å². The van der Waals surface area contributed by atoms with Crippen LogP contribution in [0.2, 0.25) is 10.0 Å². The summed E-state index contributed by atoms with van der Waals surface area (Å²) in [5.74, 6) is -0.365. The number of halogens is 2. The molecule has 1 heterocycles. The molecule has 0 bridgehead atoms. The minimum Gasteiger partial charge on any atom is -0.338 e. The zero-order valence-electron chi connectivity index (χ0n) is 15.2. The Hall–Kier alpha value is -2.08. The van der Waals surface area contributed by atoms with Gasteiger partial charge in [0, 0.05) is 28.7 Å². The third kappa shape index (κ3) is 3.39. The summed E-state index contributed by atoms with van der Waals surface area (Å²) in [7, 11) is 0. The Balaban J connectivity index is 1.53. The van der Waals surface area contributed by atoms with Crippen molar-refractivity contribution in [1.29, 1.82) is 0 Å². The summed E-state index contributed by atoms with van der Waals surface area (Å²) in [6, 6.07) is 10.7. The lowest BCUT2D eigenvalue weighted by Crippen LogP contribution is -2.38. The first-order valence-corrected chi connectivity index (χ1v) is 9.97. The maximum atomic E-state index is 13.3. The van der Waals surface area contributed by atoms with Gasteiger partial charge in [0.2, 0.25) is 5.91 Å². The molecule has 146 valence electrons. The minimum atomic E-state index is -0.524. The van der Waals surface area contributed by atoms with Gasteiger partial charge in [0.05, 0.1) is 5.41 Å². The molecular weight excluding hydrogens is 399 g/mol. The molecule has 2 amide bonds. The summed E-state index contributed by atoms with van der Waals surface area (Å²) in [4.78, 5) is 26.8. The summed E-state index contributed by atoms with van der Waals surface area (Å²) in [6.45, 7) is 1.16. The topological polar surface area (TPSA) is 69.6 Å². The number of hydrogen-bond acceptors (Lipinski definition) is 3. The van der Waals surface area contributed by atoms with E-state index in [-0.39, 0.29) is 5.91 Å². The van der Waals surface area contributed by atoms with Crippen molar-refractivity contribution in [3.8, 4) is 0 Å². The van der Waals surface area contributed by atoms with E-state index in [1.54, 1.807) is 29.7 Å². The van der Waals surface area contributed by atoms with Crippen LogP contribution in [0.15, 0.2) is 36.4 Å². The first-order valence-electron chi connectivity index (χ1n) is 9.21. The lowest BCUT2D eigenvalue weighted by molar-refractivity contribution is -0.137. The molecule has 1 saturated heterocycles. The van der Waals surface area contributed by atoms with Crippen LogP contribution >= 0.6 is 23.2 Å². The van der Waals surface area contributed by atoms with Crippen molar-refractivity contribution in [1.82, 2.24) is 10.4 Å². The van der Waals surface area contributed by atoms with E-state index in [1.165, 1.54) is 0 Å². The van der Waals surface area contributed by atoms with Gasteiger partial charge in [-0.05, 0) is 72.7 Å². The Morgan fingerprint density at radius 3 is 2.75 bits per heavy atom. The zero-order valence-corrected chi connectivity index (χ0v) is 16.7. The second-order valence-electron chi connectivity index (χ2n) is 7.59. The van der Waals surface area contributed by atoms with E-state index in [1.807, 2.05) is 17.0 Å². The van der Waals surface area contributed by atoms with E-state index < -0.39 is 11.3 Å². The fraction of sp³-hybridized carbons (Fsp3) is 0.333. The van der Waals surface area contributed by atoms with Crippen molar-refractivity contribution >= 4 is 35.0 Å². The molecule has 1 aliphatic heterocycles. The van der Waals surface area contributed by atoms with Crippen molar-refractivity contribution in [3.63, 3.8) is 0 Å². The zero-order chi connectivity index (χ0) is 19.9. The van der Waals surface area contributed by atoms with Crippen LogP contribution in [0.25, 0.3) is 0 Å². The predicted octanol–water partition coefficient (Wildman–Crippen LogP) is 4.02. The van der Waals surface area contributed by atoms with E-state index in [4.69, 9.17) is 28.4 Å². The van der Waals surface area contributed by atoms with Gasteiger partial charge in [-0.2, -0.15) is 0 Å². The lowest BCUT2D eigenvalue weighted by atomic mass is 9.70. The normalized spacial score (nSPS) is 21.1. The predicted molar refractivity (Wildman–Crippen MR) is 107 cm³/mol. The van der Waals surface area contributed by atoms with Gasteiger partial charge in [0.1, 0.15) is 0 Å². The molecule has 1 fully saturated rings. The van der Waals surface area contributed by atoms with Crippen LogP contribution in [-0.2, 0) is 24.2 Å². The van der Waals surface area contributed by atoms with E-state index in [2.05, 4.69) is 0 Å². The van der Waals surface area contributed by atoms with Crippen molar-refractivity contribution in [2.75, 3.05) is 6.54 Å². The number of nitrogens with one attached hydrogen (secondary N) is 1. The molecule has 1 spiro atoms. The van der Waals surface area contributed by atoms with Gasteiger partial charge in [-0.25, -0.2) is 5.48 Å². The number of likely N-dealkylation sites (tertiary alicyclic amines) is 1. The first-order chi connectivity index (χ1) is 13.4. The minimum absolute atomic E-state index is 0.159. The molecule has 7 heteroatoms. The molecule has 0 unspecified atom stereocenters. The van der Waals surface area contributed by atoms with Gasteiger partial charge in [-0.3, -0.25) is 14.8 Å². The maximum absolute atomic E-state index is 13.3. The highest BCUT2D eigenvalue weighted by Crippen LogP contribution is 2.44. The summed E-state index contributed by atoms with van der Waals surface area (Å²) in [5, 5.41) is 10.0. The largest absolute Gasteiger partial charge is 0.338 e. The summed E-state index contributed by atoms with van der Waals surface area (Å²) in [6.07, 6.45) is 2.96. The van der Waals surface area contributed by atoms with Crippen LogP contribution in [0.3, 0.4) is 0 Å². The van der Waals surface area contributed by atoms with Crippen molar-refractivity contribution < 1.29 is 14.8 Å². The first kappa shape index (κ1) is 19.2. The standard InChI is InChI=1S/C21H20Cl2N2O3/c22-17-3-4-18(23)16(10-17)12-25-8-7-21(20(25)27)6-5-13-9-14(19(26)24-28)1-2-15(13)11-21/h1-4,9-10,28H,5-8,11-12H2,(H,24,26)/t21-/m1/s1. The number of benzene rings is 2. The van der Waals surface area contributed by atoms with Gasteiger partial charge in [-0.15, -0.1) is 0 Å². The average molecular weight is 419 g/mol. The monoisotopic (exact) mass is 418 g/mol. The second kappa shape index (κ2) is 7.39. The highest BCUT2D eigenvalue weighted by molar-refractivity contribution is 6.33. The number of carbonyl (C=O) groups is 2. The van der Waals surface area contributed by atoms with Gasteiger partial charge in [-0.1, -0.05) is 29.3 Å². The summed E-state index contributed by atoms with van der Waals surface area (Å²) < 4.78 is 0. The molecule has 2 aromatic carbocycles. The molecule has 0 saturated carbocycles. The quantitative estimate of drug-likeness (QED) is 0.583. The summed E-state index contributed by atoms with van der Waals surface area (Å²) >= 11 is 12.3. The van der Waals surface area contributed by atoms with Crippen molar-refractivity contribution in [3.05, 3.63) is 68.7 Å². The highest BCUT2D eigenvalue weighted by Gasteiger charge is 2.48. The molecule has 2 aromatic rings. The SMILES string of the molecule is O=C(NO)c1ccc2c(c1)CC[C@@]1(CCN(Cc3cc(Cl)ccc3Cl)C1=O)C2. The van der Waals surface area contributed by atoms with Crippen LogP contribution in [0.5, 0.6) is 0 Å². The molecule has 28 heavy (non-hydrogen) atoms. The molecule has 2 N–H and O–H groups in total. The molecule has 0 radical (unpaired) electrons. The van der Waals surface area contributed by atoms with E-state index in [0.717, 1.165) is 36.0 Å². The third-order valence-electron chi connectivity index (χ3n) is 5.94. The van der Waals surface area contributed by atoms with Crippen LogP contribution in [-0.4, -0.2) is 28.5 Å². The molecule has 5 nitrogen and oxygen atoms in total. The molecule has 4 rings (SSSR count). The van der Waals surface area contributed by atoms with Crippen LogP contribution in [0.4, 0.5) is 0 Å². The van der Waals surface area contributed by atoms with Crippen LogP contribution < -0.4 is 5.48 Å². The number of nitrogens with zero attached hydrogens (tertiary/aromatic N) is 1. The fourth-order valence-electron chi connectivity index (χ4n) is 4.37. The van der Waals surface area contributed by atoms with Gasteiger partial charge in [0.25, 0.3) is 5.91 Å². The van der Waals surface area contributed by atoms with E-state index in [9.17, 15) is 9.59 Å². The molecule has 1 atom stereocenters. The molecule has 0 aromatic heterocycles. The maximum Gasteiger partial charge on any atom is 0.274 e. The van der Waals surface area contributed by atoms with Gasteiger partial charge >= 0.3 is 0 Å². The lowest BCUT2D eigenvalue weighted by Gasteiger charge is -2.33. The fourth-order valence-corrected chi connectivity index (χ4v) is 4.75. The Kier molecular flexibility index (Phi) is 5.08. The second-order valence-corrected chi connectivity index (χ2v) is 8.44. The number of carbonyl (C=O) groups excluding carboxylic acids is 2. The number of rotatable bonds is 3. The van der Waals surface area contributed by atoms with E-state index >= 15 is 0 Å². The molecular formula is C21H20Cl2N2O3. The number of aryl methyl sites for hydroxylation is 1. The highest BCUT2D eigenvalue weighted by atomic mass is 35.5. The Bertz CT molecular complexity index is 963. The van der Waals surface area contributed by atoms with Gasteiger partial charge < -0.3 is 4.90 Å². The van der Waals surface area contributed by atoms with Gasteiger partial charge in [0.15, 0.2) is 0 Å². The summed E-state index contributed by atoms with van der Waals surface area (Å²) in [5.41, 5.74) is 4.71. The van der Waals surface area contributed by atoms with E-state index in [0.29, 0.717) is 35.1 Å². The Morgan fingerprint density at radius 1 is 1.14 bits per heavy atom. The number of amides is 2. The third-order valence-corrected chi connectivity index (χ3v) is 6.55. The molecule has 2 aliphatic rings. The molecule has 1 aliphatic carbocycles. The smallest absolute Gasteiger partial charge is 0.274 e.